The molecule has 0 bridgehead atoms. The summed E-state index contributed by atoms with van der Waals surface area (Å²) in [6.45, 7) is 2.49. The number of allylic oxidation sites excluding steroid dienone is 1. The topological polar surface area (TPSA) is 47.0 Å². The van der Waals surface area contributed by atoms with E-state index < -0.39 is 0 Å². The van der Waals surface area contributed by atoms with Crippen molar-refractivity contribution in [2.45, 2.75) is 12.1 Å². The van der Waals surface area contributed by atoms with Crippen molar-refractivity contribution in [2.75, 3.05) is 25.2 Å². The molecule has 0 amide bonds. The molecule has 1 N–H and O–H groups in total. The summed E-state index contributed by atoms with van der Waals surface area (Å²) >= 11 is 1.49. The minimum Gasteiger partial charge on any atom is -0.473 e. The molecule has 1 aromatic rings. The van der Waals surface area contributed by atoms with Crippen LogP contribution >= 0.6 is 11.8 Å². The number of aromatic nitrogens is 2. The Morgan fingerprint density at radius 3 is 2.93 bits per heavy atom. The van der Waals surface area contributed by atoms with Gasteiger partial charge in [0.2, 0.25) is 5.88 Å². The molecule has 0 fully saturated rings. The fraction of sp³-hybridized carbons (Fsp3) is 0.400. The van der Waals surface area contributed by atoms with Crippen LogP contribution in [0.3, 0.4) is 0 Å². The second-order valence-electron chi connectivity index (χ2n) is 2.71. The Hall–Kier alpha value is -1.23. The van der Waals surface area contributed by atoms with E-state index in [0.717, 1.165) is 5.82 Å². The van der Waals surface area contributed by atoms with Crippen molar-refractivity contribution in [1.82, 2.24) is 9.97 Å². The van der Waals surface area contributed by atoms with Crippen molar-refractivity contribution in [3.05, 3.63) is 18.2 Å². The van der Waals surface area contributed by atoms with Gasteiger partial charge in [-0.05, 0) is 13.2 Å². The minimum absolute atomic E-state index is 0.532. The normalized spacial score (nSPS) is 10.6. The Labute approximate surface area is 94.2 Å². The van der Waals surface area contributed by atoms with Crippen LogP contribution in [0.4, 0.5) is 5.82 Å². The van der Waals surface area contributed by atoms with Crippen LogP contribution in [-0.2, 0) is 0 Å². The molecule has 0 aromatic carbocycles. The van der Waals surface area contributed by atoms with Gasteiger partial charge in [0.15, 0.2) is 5.16 Å². The highest BCUT2D eigenvalue weighted by atomic mass is 32.2. The van der Waals surface area contributed by atoms with Crippen LogP contribution in [-0.4, -0.2) is 29.9 Å². The molecule has 0 atom stereocenters. The summed E-state index contributed by atoms with van der Waals surface area (Å²) < 4.78 is 5.44. The smallest absolute Gasteiger partial charge is 0.219 e. The van der Waals surface area contributed by atoms with Crippen molar-refractivity contribution >= 4 is 17.6 Å². The van der Waals surface area contributed by atoms with Crippen LogP contribution in [0.2, 0.25) is 0 Å². The predicted molar refractivity (Wildman–Crippen MR) is 63.7 cm³/mol. The largest absolute Gasteiger partial charge is 0.473 e. The lowest BCUT2D eigenvalue weighted by atomic mass is 10.5. The monoisotopic (exact) mass is 225 g/mol. The lowest BCUT2D eigenvalue weighted by Crippen LogP contribution is -2.01. The third-order valence-corrected chi connectivity index (χ3v) is 2.23. The predicted octanol–water partition coefficient (Wildman–Crippen LogP) is 2.20. The van der Waals surface area contributed by atoms with E-state index in [-0.39, 0.29) is 0 Å². The standard InChI is InChI=1S/C10H15N3OS/c1-4-5-6-14-9-7-8(11-2)12-10(13-9)15-3/h4-5,7H,6H2,1-3H3,(H,11,12,13)/b5-4+. The van der Waals surface area contributed by atoms with E-state index in [2.05, 4.69) is 15.3 Å². The first-order valence-electron chi connectivity index (χ1n) is 4.65. The number of thioether (sulfide) groups is 1. The molecule has 15 heavy (non-hydrogen) atoms. The quantitative estimate of drug-likeness (QED) is 0.473. The van der Waals surface area contributed by atoms with Crippen molar-refractivity contribution in [1.29, 1.82) is 0 Å². The molecule has 0 aliphatic carbocycles. The van der Waals surface area contributed by atoms with Gasteiger partial charge in [-0.2, -0.15) is 4.98 Å². The van der Waals surface area contributed by atoms with Gasteiger partial charge in [-0.3, -0.25) is 0 Å². The zero-order chi connectivity index (χ0) is 11.1. The van der Waals surface area contributed by atoms with Gasteiger partial charge in [0.1, 0.15) is 12.4 Å². The van der Waals surface area contributed by atoms with Crippen LogP contribution in [0.25, 0.3) is 0 Å². The van der Waals surface area contributed by atoms with Crippen molar-refractivity contribution in [3.63, 3.8) is 0 Å². The van der Waals surface area contributed by atoms with Crippen LogP contribution in [0, 0.1) is 0 Å². The zero-order valence-corrected chi connectivity index (χ0v) is 9.97. The zero-order valence-electron chi connectivity index (χ0n) is 9.15. The third-order valence-electron chi connectivity index (χ3n) is 1.68. The van der Waals surface area contributed by atoms with Crippen molar-refractivity contribution < 1.29 is 4.74 Å². The van der Waals surface area contributed by atoms with Crippen LogP contribution in [0.5, 0.6) is 5.88 Å². The van der Waals surface area contributed by atoms with Crippen LogP contribution in [0.15, 0.2) is 23.4 Å². The van der Waals surface area contributed by atoms with Crippen molar-refractivity contribution in [2.24, 2.45) is 0 Å². The molecule has 0 unspecified atom stereocenters. The van der Waals surface area contributed by atoms with Crippen LogP contribution in [0.1, 0.15) is 6.92 Å². The fourth-order valence-electron chi connectivity index (χ4n) is 0.927. The molecular weight excluding hydrogens is 210 g/mol. The summed E-state index contributed by atoms with van der Waals surface area (Å²) in [5.74, 6) is 1.36. The first-order chi connectivity index (χ1) is 7.30. The molecule has 1 heterocycles. The number of nitrogens with zero attached hydrogens (tertiary/aromatic N) is 2. The second kappa shape index (κ2) is 6.29. The Balaban J connectivity index is 2.77. The molecule has 0 radical (unpaired) electrons. The number of nitrogens with one attached hydrogen (secondary N) is 1. The molecule has 0 spiro atoms. The lowest BCUT2D eigenvalue weighted by Gasteiger charge is -2.06. The van der Waals surface area contributed by atoms with Gasteiger partial charge in [-0.1, -0.05) is 23.9 Å². The number of ether oxygens (including phenoxy) is 1. The molecular formula is C10H15N3OS. The van der Waals surface area contributed by atoms with E-state index in [1.54, 1.807) is 6.07 Å². The Kier molecular flexibility index (Phi) is 4.97. The molecule has 82 valence electrons. The van der Waals surface area contributed by atoms with Gasteiger partial charge in [0.05, 0.1) is 0 Å². The Morgan fingerprint density at radius 2 is 2.33 bits per heavy atom. The Bertz CT molecular complexity index is 319. The summed E-state index contributed by atoms with van der Waals surface area (Å²) in [5, 5.41) is 3.68. The van der Waals surface area contributed by atoms with Gasteiger partial charge >= 0.3 is 0 Å². The summed E-state index contributed by atoms with van der Waals surface area (Å²) in [6.07, 6.45) is 5.81. The SMILES string of the molecule is C/C=C/COc1cc(NC)nc(SC)n1. The molecule has 0 saturated heterocycles. The van der Waals surface area contributed by atoms with Gasteiger partial charge in [-0.25, -0.2) is 4.98 Å². The molecule has 5 heteroatoms. The number of hydrogen-bond donors (Lipinski definition) is 1. The molecule has 1 rings (SSSR count). The average molecular weight is 225 g/mol. The fourth-order valence-corrected chi connectivity index (χ4v) is 1.30. The average Bonchev–Trinajstić information content (AvgIpc) is 2.29. The van der Waals surface area contributed by atoms with Gasteiger partial charge < -0.3 is 10.1 Å². The van der Waals surface area contributed by atoms with E-state index in [9.17, 15) is 0 Å². The summed E-state index contributed by atoms with van der Waals surface area (Å²) in [5.41, 5.74) is 0. The van der Waals surface area contributed by atoms with E-state index in [1.165, 1.54) is 11.8 Å². The van der Waals surface area contributed by atoms with E-state index in [1.807, 2.05) is 32.4 Å². The molecule has 0 aliphatic rings. The maximum atomic E-state index is 5.44. The summed E-state index contributed by atoms with van der Waals surface area (Å²) in [6, 6.07) is 1.78. The number of rotatable bonds is 5. The van der Waals surface area contributed by atoms with Gasteiger partial charge in [-0.15, -0.1) is 0 Å². The molecule has 4 nitrogen and oxygen atoms in total. The van der Waals surface area contributed by atoms with E-state index >= 15 is 0 Å². The third kappa shape index (κ3) is 3.79. The summed E-state index contributed by atoms with van der Waals surface area (Å²) in [4.78, 5) is 8.47. The second-order valence-corrected chi connectivity index (χ2v) is 3.48. The number of hydrogen-bond acceptors (Lipinski definition) is 5. The van der Waals surface area contributed by atoms with Crippen LogP contribution < -0.4 is 10.1 Å². The number of anilines is 1. The lowest BCUT2D eigenvalue weighted by molar-refractivity contribution is 0.344. The van der Waals surface area contributed by atoms with Gasteiger partial charge in [0, 0.05) is 13.1 Å². The maximum Gasteiger partial charge on any atom is 0.219 e. The van der Waals surface area contributed by atoms with Crippen molar-refractivity contribution in [3.8, 4) is 5.88 Å². The minimum atomic E-state index is 0.532. The van der Waals surface area contributed by atoms with E-state index in [4.69, 9.17) is 4.74 Å². The first kappa shape index (κ1) is 11.8. The Morgan fingerprint density at radius 1 is 1.53 bits per heavy atom. The van der Waals surface area contributed by atoms with Gasteiger partial charge in [0.25, 0.3) is 0 Å². The highest BCUT2D eigenvalue weighted by Crippen LogP contribution is 2.18. The molecule has 0 aliphatic heterocycles. The highest BCUT2D eigenvalue weighted by Gasteiger charge is 2.02. The first-order valence-corrected chi connectivity index (χ1v) is 5.87. The molecule has 1 aromatic heterocycles. The summed E-state index contributed by atoms with van der Waals surface area (Å²) in [7, 11) is 1.82. The highest BCUT2D eigenvalue weighted by molar-refractivity contribution is 7.98. The van der Waals surface area contributed by atoms with E-state index in [0.29, 0.717) is 17.6 Å². The molecule has 0 saturated carbocycles. The maximum absolute atomic E-state index is 5.44.